The van der Waals surface area contributed by atoms with Gasteiger partial charge >= 0.3 is 43.4 Å². The van der Waals surface area contributed by atoms with Gasteiger partial charge in [0.25, 0.3) is 0 Å². The first-order valence-corrected chi connectivity index (χ1v) is 16.4. The number of hydrogen-bond acceptors (Lipinski definition) is 3. The summed E-state index contributed by atoms with van der Waals surface area (Å²) in [6, 6.07) is 12.3. The molecule has 0 N–H and O–H groups in total. The summed E-state index contributed by atoms with van der Waals surface area (Å²) in [7, 11) is 21.0. The van der Waals surface area contributed by atoms with Gasteiger partial charge in [-0.15, -0.1) is 0 Å². The number of fused-ring (bicyclic) bond motifs is 3. The number of para-hydroxylation sites is 2. The van der Waals surface area contributed by atoms with Crippen molar-refractivity contribution in [2.75, 3.05) is 97.7 Å². The SMILES string of the molecule is CC[N-]C(=NC(C)(C)C)c1cccc2c1oc1c(C(=NC(C)(C)C)[N-]CC)cccc12.C[N-]C.C[N-]C.C[N-]C.C[N-]C.C[N-]C.C[N-]C.[Ti+4].[Ti+4]. The summed E-state index contributed by atoms with van der Waals surface area (Å²) >= 11 is 0. The van der Waals surface area contributed by atoms with Gasteiger partial charge in [0.05, 0.1) is 0 Å². The molecule has 0 saturated heterocycles. The first kappa shape index (κ1) is 61.4. The molecule has 0 atom stereocenters. The van der Waals surface area contributed by atoms with Gasteiger partial charge in [0.2, 0.25) is 0 Å². The van der Waals surface area contributed by atoms with Gasteiger partial charge in [-0.05, 0) is 11.1 Å². The van der Waals surface area contributed by atoms with Crippen LogP contribution in [0.1, 0.15) is 66.5 Å². The van der Waals surface area contributed by atoms with Gasteiger partial charge in [0, 0.05) is 21.9 Å². The van der Waals surface area contributed by atoms with Gasteiger partial charge in [-0.1, -0.05) is 117 Å². The van der Waals surface area contributed by atoms with Crippen molar-refractivity contribution in [3.05, 3.63) is 90.1 Å². The zero-order chi connectivity index (χ0) is 39.1. The Bertz CT molecular complexity index is 1150. The molecular weight excluding hydrogens is 708 g/mol. The van der Waals surface area contributed by atoms with Crippen molar-refractivity contribution in [1.82, 2.24) is 0 Å². The fourth-order valence-corrected chi connectivity index (χ4v) is 3.47. The van der Waals surface area contributed by atoms with Crippen LogP contribution in [0.4, 0.5) is 0 Å². The molecule has 0 fully saturated rings. The van der Waals surface area contributed by atoms with Crippen molar-refractivity contribution >= 4 is 33.6 Å². The second-order valence-electron chi connectivity index (χ2n) is 12.3. The second-order valence-corrected chi connectivity index (χ2v) is 12.3. The number of rotatable bonds is 4. The maximum atomic E-state index is 6.52. The number of benzene rings is 2. The standard InChI is InChI=1S/C26H34N4O.6C2H6N.2Ti/c1-9-27-23(29-25(3,4)5)19-15-11-13-17-18-14-12-16-20(22(18)31-21(17)19)24(28-10-2)30-26(6,7)8;6*1-3-2;;/h11-16H,9-10H2,1-8H3;6*1-2H3;;/q-2;6*-1;2*+4. The van der Waals surface area contributed by atoms with Crippen molar-refractivity contribution < 1.29 is 47.9 Å². The van der Waals surface area contributed by atoms with Crippen LogP contribution in [0.5, 0.6) is 0 Å². The van der Waals surface area contributed by atoms with Crippen LogP contribution in [-0.2, 0) is 43.4 Å². The van der Waals surface area contributed by atoms with E-state index in [9.17, 15) is 0 Å². The van der Waals surface area contributed by atoms with Crippen LogP contribution >= 0.6 is 0 Å². The van der Waals surface area contributed by atoms with Crippen LogP contribution < -0.4 is 0 Å². The van der Waals surface area contributed by atoms with E-state index >= 15 is 0 Å². The van der Waals surface area contributed by atoms with E-state index in [2.05, 4.69) is 96.2 Å². The third-order valence-electron chi connectivity index (χ3n) is 4.50. The Morgan fingerprint density at radius 1 is 0.490 bits per heavy atom. The fraction of sp³-hybridized carbons (Fsp3) is 0.632. The molecule has 0 spiro atoms. The molecule has 0 unspecified atom stereocenters. The monoisotopic (exact) mass is 778 g/mol. The molecule has 0 aliphatic carbocycles. The Hall–Kier alpha value is -1.63. The number of amidine groups is 2. The Morgan fingerprint density at radius 3 is 0.922 bits per heavy atom. The summed E-state index contributed by atoms with van der Waals surface area (Å²) in [5, 5.41) is 32.5. The molecular formula is C38H70N10OTi2. The van der Waals surface area contributed by atoms with Crippen LogP contribution in [0.15, 0.2) is 50.8 Å². The molecule has 0 saturated carbocycles. The van der Waals surface area contributed by atoms with Crippen molar-refractivity contribution in [1.29, 1.82) is 0 Å². The zero-order valence-corrected chi connectivity index (χ0v) is 38.9. The topological polar surface area (TPSA) is 151 Å². The molecule has 1 heterocycles. The van der Waals surface area contributed by atoms with Crippen LogP contribution in [0.25, 0.3) is 64.5 Å². The first-order valence-electron chi connectivity index (χ1n) is 16.4. The minimum Gasteiger partial charge on any atom is -0.668 e. The molecule has 286 valence electrons. The largest absolute Gasteiger partial charge is 4.00 e. The van der Waals surface area contributed by atoms with Crippen LogP contribution in [-0.4, -0.2) is 120 Å². The molecule has 0 aliphatic rings. The molecule has 1 aromatic heterocycles. The Balaban J connectivity index is -0.000000214. The van der Waals surface area contributed by atoms with Gasteiger partial charge in [-0.2, -0.15) is 84.6 Å². The predicted octanol–water partition coefficient (Wildman–Crippen LogP) is 11.2. The van der Waals surface area contributed by atoms with Crippen LogP contribution in [0.3, 0.4) is 0 Å². The summed E-state index contributed by atoms with van der Waals surface area (Å²) in [5.41, 5.74) is 2.96. The molecule has 0 amide bonds. The molecule has 3 rings (SSSR count). The summed E-state index contributed by atoms with van der Waals surface area (Å²) in [6.45, 7) is 17.9. The van der Waals surface area contributed by atoms with Crippen molar-refractivity contribution in [2.24, 2.45) is 9.98 Å². The average Bonchev–Trinajstić information content (AvgIpc) is 3.37. The number of nitrogens with zero attached hydrogens (tertiary/aromatic N) is 10. The minimum absolute atomic E-state index is 0. The summed E-state index contributed by atoms with van der Waals surface area (Å²) < 4.78 is 6.52. The molecule has 0 aliphatic heterocycles. The van der Waals surface area contributed by atoms with E-state index < -0.39 is 0 Å². The summed E-state index contributed by atoms with van der Waals surface area (Å²) in [5.74, 6) is 1.45. The van der Waals surface area contributed by atoms with Crippen LogP contribution in [0, 0.1) is 0 Å². The van der Waals surface area contributed by atoms with E-state index in [1.807, 2.05) is 38.1 Å². The van der Waals surface area contributed by atoms with Gasteiger partial charge in [-0.25, -0.2) is 0 Å². The van der Waals surface area contributed by atoms with Crippen LogP contribution in [0.2, 0.25) is 0 Å². The number of aliphatic imine (C=N–C) groups is 2. The van der Waals surface area contributed by atoms with E-state index in [0.717, 1.165) is 44.7 Å². The van der Waals surface area contributed by atoms with Gasteiger partial charge < -0.3 is 56.9 Å². The molecule has 51 heavy (non-hydrogen) atoms. The van der Waals surface area contributed by atoms with Crippen molar-refractivity contribution in [3.8, 4) is 0 Å². The minimum atomic E-state index is -0.236. The smallest absolute Gasteiger partial charge is 0.668 e. The fourth-order valence-electron chi connectivity index (χ4n) is 3.47. The van der Waals surface area contributed by atoms with Crippen molar-refractivity contribution in [3.63, 3.8) is 0 Å². The molecule has 0 bridgehead atoms. The van der Waals surface area contributed by atoms with E-state index in [1.165, 1.54) is 0 Å². The van der Waals surface area contributed by atoms with E-state index in [-0.39, 0.29) is 54.5 Å². The third-order valence-corrected chi connectivity index (χ3v) is 4.50. The normalized spacial score (nSPS) is 10.5. The Labute approximate surface area is 343 Å². The van der Waals surface area contributed by atoms with Gasteiger partial charge in [0.1, 0.15) is 11.2 Å². The average molecular weight is 779 g/mol. The Morgan fingerprint density at radius 2 is 0.725 bits per heavy atom. The summed E-state index contributed by atoms with van der Waals surface area (Å²) in [6.07, 6.45) is 0. The first-order chi connectivity index (χ1) is 23.0. The Kier molecular flexibility index (Phi) is 45.9. The zero-order valence-electron chi connectivity index (χ0n) is 35.8. The molecule has 0 radical (unpaired) electrons. The number of hydrogen-bond donors (Lipinski definition) is 0. The maximum absolute atomic E-state index is 6.52. The van der Waals surface area contributed by atoms with Gasteiger partial charge in [-0.3, -0.25) is 0 Å². The third kappa shape index (κ3) is 30.5. The van der Waals surface area contributed by atoms with E-state index in [0.29, 0.717) is 13.1 Å². The predicted molar refractivity (Wildman–Crippen MR) is 225 cm³/mol. The summed E-state index contributed by atoms with van der Waals surface area (Å²) in [4.78, 5) is 9.74. The molecule has 3 aromatic rings. The van der Waals surface area contributed by atoms with Gasteiger partial charge in [0.15, 0.2) is 0 Å². The van der Waals surface area contributed by atoms with Crippen molar-refractivity contribution in [2.45, 2.75) is 66.5 Å². The molecule has 13 heteroatoms. The molecule has 2 aromatic carbocycles. The van der Waals surface area contributed by atoms with E-state index in [1.54, 1.807) is 84.6 Å². The second kappa shape index (κ2) is 38.1. The quantitative estimate of drug-likeness (QED) is 0.145. The number of furan rings is 1. The van der Waals surface area contributed by atoms with E-state index in [4.69, 9.17) is 14.4 Å². The maximum Gasteiger partial charge on any atom is 4.00 e. The molecule has 11 nitrogen and oxygen atoms in total.